The summed E-state index contributed by atoms with van der Waals surface area (Å²) in [7, 11) is 0. The van der Waals surface area contributed by atoms with E-state index in [0.717, 1.165) is 18.3 Å². The van der Waals surface area contributed by atoms with Crippen molar-refractivity contribution in [2.75, 3.05) is 6.61 Å². The number of hydrogen-bond acceptors (Lipinski definition) is 2. The molecule has 2 rings (SSSR count). The van der Waals surface area contributed by atoms with E-state index in [0.29, 0.717) is 11.3 Å². The van der Waals surface area contributed by atoms with Crippen molar-refractivity contribution in [3.05, 3.63) is 29.3 Å². The maximum atomic E-state index is 6.13. The van der Waals surface area contributed by atoms with Crippen molar-refractivity contribution >= 4 is 0 Å². The minimum Gasteiger partial charge on any atom is -0.465 e. The van der Waals surface area contributed by atoms with Crippen molar-refractivity contribution in [2.24, 2.45) is 16.7 Å². The van der Waals surface area contributed by atoms with E-state index in [4.69, 9.17) is 9.47 Å². The average molecular weight is 403 g/mol. The van der Waals surface area contributed by atoms with Gasteiger partial charge in [-0.15, -0.1) is 0 Å². The van der Waals surface area contributed by atoms with Gasteiger partial charge in [0, 0.05) is 0 Å². The number of aryl methyl sites for hydroxylation is 1. The Kier molecular flexibility index (Phi) is 8.64. The monoisotopic (exact) mass is 402 g/mol. The molecule has 0 amide bonds. The molecule has 1 aliphatic carbocycles. The SMILES string of the molecule is Cc1cc(C(CC(C)(C)C)C(C)(C)C)ccc1OC(C)OCCC1CCCCC1. The fraction of sp³-hybridized carbons (Fsp3) is 0.778. The van der Waals surface area contributed by atoms with Gasteiger partial charge in [0.2, 0.25) is 0 Å². The molecule has 166 valence electrons. The van der Waals surface area contributed by atoms with Crippen LogP contribution in [0.15, 0.2) is 18.2 Å². The number of hydrogen-bond donors (Lipinski definition) is 0. The van der Waals surface area contributed by atoms with E-state index in [2.05, 4.69) is 66.7 Å². The molecule has 0 radical (unpaired) electrons. The molecule has 0 N–H and O–H groups in total. The van der Waals surface area contributed by atoms with Gasteiger partial charge < -0.3 is 9.47 Å². The Morgan fingerprint density at radius 2 is 1.66 bits per heavy atom. The fourth-order valence-electron chi connectivity index (χ4n) is 4.65. The van der Waals surface area contributed by atoms with E-state index < -0.39 is 0 Å². The van der Waals surface area contributed by atoms with Gasteiger partial charge in [0.25, 0.3) is 0 Å². The lowest BCUT2D eigenvalue weighted by Crippen LogP contribution is -2.24. The van der Waals surface area contributed by atoms with Crippen molar-refractivity contribution in [2.45, 2.75) is 113 Å². The molecule has 1 aromatic rings. The second-order valence-electron chi connectivity index (χ2n) is 11.6. The summed E-state index contributed by atoms with van der Waals surface area (Å²) >= 11 is 0. The molecule has 0 bridgehead atoms. The van der Waals surface area contributed by atoms with Crippen LogP contribution in [0.2, 0.25) is 0 Å². The third kappa shape index (κ3) is 8.32. The Morgan fingerprint density at radius 1 is 1.00 bits per heavy atom. The average Bonchev–Trinajstić information content (AvgIpc) is 2.61. The lowest BCUT2D eigenvalue weighted by Gasteiger charge is -2.36. The van der Waals surface area contributed by atoms with Crippen LogP contribution in [0.4, 0.5) is 0 Å². The minimum absolute atomic E-state index is 0.198. The van der Waals surface area contributed by atoms with Gasteiger partial charge >= 0.3 is 0 Å². The molecular weight excluding hydrogens is 356 g/mol. The highest BCUT2D eigenvalue weighted by atomic mass is 16.7. The summed E-state index contributed by atoms with van der Waals surface area (Å²) in [5.74, 6) is 2.33. The Labute approximate surface area is 180 Å². The normalized spacial score (nSPS) is 18.5. The molecule has 1 fully saturated rings. The van der Waals surface area contributed by atoms with E-state index in [1.165, 1.54) is 56.1 Å². The summed E-state index contributed by atoms with van der Waals surface area (Å²) in [5, 5.41) is 0. The summed E-state index contributed by atoms with van der Waals surface area (Å²) in [6, 6.07) is 6.73. The zero-order valence-corrected chi connectivity index (χ0v) is 20.4. The largest absolute Gasteiger partial charge is 0.465 e. The van der Waals surface area contributed by atoms with Crippen molar-refractivity contribution in [3.63, 3.8) is 0 Å². The van der Waals surface area contributed by atoms with Crippen LogP contribution in [0.1, 0.15) is 110 Å². The Morgan fingerprint density at radius 3 is 2.21 bits per heavy atom. The van der Waals surface area contributed by atoms with Gasteiger partial charge in [-0.25, -0.2) is 0 Å². The summed E-state index contributed by atoms with van der Waals surface area (Å²) in [4.78, 5) is 0. The van der Waals surface area contributed by atoms with Gasteiger partial charge in [0.15, 0.2) is 6.29 Å². The molecule has 1 aliphatic rings. The van der Waals surface area contributed by atoms with Gasteiger partial charge in [-0.3, -0.25) is 0 Å². The quantitative estimate of drug-likeness (QED) is 0.407. The lowest BCUT2D eigenvalue weighted by molar-refractivity contribution is -0.0714. The van der Waals surface area contributed by atoms with Crippen LogP contribution in [0, 0.1) is 23.7 Å². The highest BCUT2D eigenvalue weighted by Gasteiger charge is 2.30. The molecule has 0 aliphatic heterocycles. The molecular formula is C27H46O2. The van der Waals surface area contributed by atoms with Crippen molar-refractivity contribution in [3.8, 4) is 5.75 Å². The molecule has 0 spiro atoms. The first-order valence-corrected chi connectivity index (χ1v) is 11.8. The van der Waals surface area contributed by atoms with Gasteiger partial charge in [-0.05, 0) is 66.5 Å². The molecule has 1 saturated carbocycles. The molecule has 2 nitrogen and oxygen atoms in total. The highest BCUT2D eigenvalue weighted by molar-refractivity contribution is 5.38. The zero-order chi connectivity index (χ0) is 21.7. The maximum absolute atomic E-state index is 6.13. The van der Waals surface area contributed by atoms with E-state index in [9.17, 15) is 0 Å². The third-order valence-electron chi connectivity index (χ3n) is 6.36. The zero-order valence-electron chi connectivity index (χ0n) is 20.4. The molecule has 2 heteroatoms. The second-order valence-corrected chi connectivity index (χ2v) is 11.6. The standard InChI is InChI=1S/C27H46O2/c1-20-18-23(24(27(6,7)8)19-26(3,4)5)14-15-25(20)29-21(2)28-17-16-22-12-10-9-11-13-22/h14-15,18,21-22,24H,9-13,16-17,19H2,1-8H3. The highest BCUT2D eigenvalue weighted by Crippen LogP contribution is 2.43. The predicted molar refractivity (Wildman–Crippen MR) is 125 cm³/mol. The van der Waals surface area contributed by atoms with Crippen LogP contribution in [0.5, 0.6) is 5.75 Å². The van der Waals surface area contributed by atoms with Gasteiger partial charge in [0.1, 0.15) is 5.75 Å². The fourth-order valence-corrected chi connectivity index (χ4v) is 4.65. The first-order valence-electron chi connectivity index (χ1n) is 11.8. The summed E-state index contributed by atoms with van der Waals surface area (Å²) in [6.07, 6.45) is 9.11. The smallest absolute Gasteiger partial charge is 0.196 e. The summed E-state index contributed by atoms with van der Waals surface area (Å²) < 4.78 is 12.1. The van der Waals surface area contributed by atoms with E-state index in [1.807, 2.05) is 6.92 Å². The van der Waals surface area contributed by atoms with Crippen LogP contribution in [-0.2, 0) is 4.74 Å². The van der Waals surface area contributed by atoms with E-state index in [-0.39, 0.29) is 11.7 Å². The molecule has 0 saturated heterocycles. The minimum atomic E-state index is -0.198. The van der Waals surface area contributed by atoms with Gasteiger partial charge in [-0.1, -0.05) is 85.8 Å². The Hall–Kier alpha value is -1.02. The molecule has 0 heterocycles. The first kappa shape index (κ1) is 24.3. The summed E-state index contributed by atoms with van der Waals surface area (Å²) in [5.41, 5.74) is 3.16. The van der Waals surface area contributed by atoms with E-state index in [1.54, 1.807) is 0 Å². The predicted octanol–water partition coefficient (Wildman–Crippen LogP) is 8.27. The van der Waals surface area contributed by atoms with Crippen LogP contribution < -0.4 is 4.74 Å². The first-order chi connectivity index (χ1) is 13.5. The van der Waals surface area contributed by atoms with Crippen LogP contribution in [-0.4, -0.2) is 12.9 Å². The van der Waals surface area contributed by atoms with Gasteiger partial charge in [0.05, 0.1) is 6.61 Å². The molecule has 0 aromatic heterocycles. The third-order valence-corrected chi connectivity index (χ3v) is 6.36. The van der Waals surface area contributed by atoms with Crippen molar-refractivity contribution < 1.29 is 9.47 Å². The number of rotatable bonds is 8. The number of benzene rings is 1. The lowest BCUT2D eigenvalue weighted by atomic mass is 9.69. The van der Waals surface area contributed by atoms with Crippen LogP contribution in [0.25, 0.3) is 0 Å². The Balaban J connectivity index is 1.95. The number of ether oxygens (including phenoxy) is 2. The Bertz CT molecular complexity index is 614. The second kappa shape index (κ2) is 10.3. The maximum Gasteiger partial charge on any atom is 0.196 e. The van der Waals surface area contributed by atoms with Crippen LogP contribution in [0.3, 0.4) is 0 Å². The topological polar surface area (TPSA) is 18.5 Å². The van der Waals surface area contributed by atoms with Crippen LogP contribution >= 0.6 is 0 Å². The molecule has 29 heavy (non-hydrogen) atoms. The van der Waals surface area contributed by atoms with Crippen molar-refractivity contribution in [1.29, 1.82) is 0 Å². The molecule has 2 unspecified atom stereocenters. The van der Waals surface area contributed by atoms with Gasteiger partial charge in [-0.2, -0.15) is 0 Å². The van der Waals surface area contributed by atoms with E-state index >= 15 is 0 Å². The molecule has 1 aromatic carbocycles. The molecule has 2 atom stereocenters. The summed E-state index contributed by atoms with van der Waals surface area (Å²) in [6.45, 7) is 19.0. The van der Waals surface area contributed by atoms with Crippen molar-refractivity contribution in [1.82, 2.24) is 0 Å².